The molecule has 0 saturated carbocycles. The van der Waals surface area contributed by atoms with Crippen LogP contribution in [0.5, 0.6) is 0 Å². The Hall–Kier alpha value is -1.07. The van der Waals surface area contributed by atoms with E-state index in [1.54, 1.807) is 18.2 Å². The van der Waals surface area contributed by atoms with Crippen LogP contribution in [0.2, 0.25) is 10.0 Å². The van der Waals surface area contributed by atoms with Gasteiger partial charge in [-0.15, -0.1) is 0 Å². The van der Waals surface area contributed by atoms with Gasteiger partial charge in [0.05, 0.1) is 15.6 Å². The number of hydrogen-bond acceptors (Lipinski definition) is 4. The van der Waals surface area contributed by atoms with Gasteiger partial charge < -0.3 is 14.0 Å². The maximum atomic E-state index is 6.27. The molecule has 3 rings (SSSR count). The minimum Gasteiger partial charge on any atom is -0.360 e. The molecule has 1 aromatic heterocycles. The lowest BCUT2D eigenvalue weighted by Gasteiger charge is -2.34. The van der Waals surface area contributed by atoms with E-state index in [0.29, 0.717) is 21.3 Å². The zero-order valence-corrected chi connectivity index (χ0v) is 13.4. The van der Waals surface area contributed by atoms with Crippen LogP contribution in [0.3, 0.4) is 0 Å². The fraction of sp³-hybridized carbons (Fsp3) is 0.400. The predicted octanol–water partition coefficient (Wildman–Crippen LogP) is 5.16. The highest BCUT2D eigenvalue weighted by Crippen LogP contribution is 2.44. The number of aromatic nitrogens is 1. The molecule has 4 nitrogen and oxygen atoms in total. The van der Waals surface area contributed by atoms with E-state index < -0.39 is 6.29 Å². The van der Waals surface area contributed by atoms with Gasteiger partial charge in [-0.05, 0) is 19.1 Å². The summed E-state index contributed by atoms with van der Waals surface area (Å²) in [6.45, 7) is 5.87. The molecular weight excluding hydrogens is 313 g/mol. The van der Waals surface area contributed by atoms with Gasteiger partial charge in [-0.1, -0.05) is 48.3 Å². The van der Waals surface area contributed by atoms with Crippen LogP contribution in [-0.2, 0) is 9.47 Å². The summed E-state index contributed by atoms with van der Waals surface area (Å²) in [4.78, 5) is 0. The van der Waals surface area contributed by atoms with Gasteiger partial charge in [0.15, 0.2) is 12.6 Å². The molecule has 0 amide bonds. The van der Waals surface area contributed by atoms with E-state index in [1.807, 2.05) is 20.8 Å². The Bertz CT molecular complexity index is 643. The van der Waals surface area contributed by atoms with Gasteiger partial charge in [0.25, 0.3) is 0 Å². The van der Waals surface area contributed by atoms with Crippen molar-refractivity contribution >= 4 is 23.2 Å². The fourth-order valence-corrected chi connectivity index (χ4v) is 2.93. The third kappa shape index (κ3) is 2.57. The highest BCUT2D eigenvalue weighted by atomic mass is 35.5. The summed E-state index contributed by atoms with van der Waals surface area (Å²) in [6.07, 6.45) is -0.731. The van der Waals surface area contributed by atoms with Crippen LogP contribution < -0.4 is 0 Å². The summed E-state index contributed by atoms with van der Waals surface area (Å²) < 4.78 is 16.7. The molecule has 1 aliphatic heterocycles. The van der Waals surface area contributed by atoms with E-state index in [2.05, 4.69) is 5.16 Å². The quantitative estimate of drug-likeness (QED) is 0.780. The van der Waals surface area contributed by atoms with Gasteiger partial charge >= 0.3 is 0 Å². The van der Waals surface area contributed by atoms with E-state index >= 15 is 0 Å². The van der Waals surface area contributed by atoms with Crippen molar-refractivity contribution in [1.82, 2.24) is 5.16 Å². The smallest absolute Gasteiger partial charge is 0.195 e. The zero-order valence-electron chi connectivity index (χ0n) is 11.9. The number of halogens is 2. The average Bonchev–Trinajstić information content (AvgIpc) is 2.79. The number of nitrogens with zero attached hydrogens (tertiary/aromatic N) is 1. The number of hydrogen-bond donors (Lipinski definition) is 0. The number of ether oxygens (including phenoxy) is 2. The van der Waals surface area contributed by atoms with E-state index in [0.717, 1.165) is 11.3 Å². The van der Waals surface area contributed by atoms with E-state index in [1.165, 1.54) is 0 Å². The lowest BCUT2D eigenvalue weighted by molar-refractivity contribution is -0.382. The summed E-state index contributed by atoms with van der Waals surface area (Å²) in [5, 5.41) is 5.18. The molecule has 0 N–H and O–H groups in total. The van der Waals surface area contributed by atoms with Gasteiger partial charge in [0.1, 0.15) is 11.5 Å². The SMILES string of the molecule is CC1OC(c2c(-c3c(Cl)cccc3Cl)noc2C(C)C)O1. The molecule has 0 bridgehead atoms. The molecule has 0 spiro atoms. The lowest BCUT2D eigenvalue weighted by Crippen LogP contribution is -2.32. The molecule has 0 aliphatic carbocycles. The molecule has 1 fully saturated rings. The third-order valence-corrected chi connectivity index (χ3v) is 3.98. The highest BCUT2D eigenvalue weighted by molar-refractivity contribution is 6.39. The topological polar surface area (TPSA) is 44.5 Å². The molecule has 21 heavy (non-hydrogen) atoms. The highest BCUT2D eigenvalue weighted by Gasteiger charge is 2.37. The molecule has 2 heterocycles. The molecule has 6 heteroatoms. The lowest BCUT2D eigenvalue weighted by atomic mass is 10.00. The summed E-state index contributed by atoms with van der Waals surface area (Å²) in [7, 11) is 0. The Kier molecular flexibility index (Phi) is 3.97. The number of benzene rings is 1. The summed E-state index contributed by atoms with van der Waals surface area (Å²) in [5.74, 6) is 0.864. The zero-order chi connectivity index (χ0) is 15.1. The van der Waals surface area contributed by atoms with Gasteiger partial charge in [-0.25, -0.2) is 0 Å². The first-order valence-electron chi connectivity index (χ1n) is 6.73. The van der Waals surface area contributed by atoms with Crippen molar-refractivity contribution in [2.45, 2.75) is 39.3 Å². The van der Waals surface area contributed by atoms with E-state index in [-0.39, 0.29) is 12.2 Å². The van der Waals surface area contributed by atoms with E-state index in [4.69, 9.17) is 37.2 Å². The molecule has 0 atom stereocenters. The first-order valence-corrected chi connectivity index (χ1v) is 7.49. The Morgan fingerprint density at radius 1 is 1.14 bits per heavy atom. The largest absolute Gasteiger partial charge is 0.360 e. The van der Waals surface area contributed by atoms with Crippen molar-refractivity contribution in [2.75, 3.05) is 0 Å². The molecule has 112 valence electrons. The summed E-state index contributed by atoms with van der Waals surface area (Å²) >= 11 is 12.5. The fourth-order valence-electron chi connectivity index (χ4n) is 2.35. The molecule has 1 aliphatic rings. The van der Waals surface area contributed by atoms with Crippen molar-refractivity contribution in [2.24, 2.45) is 0 Å². The van der Waals surface area contributed by atoms with Crippen molar-refractivity contribution in [1.29, 1.82) is 0 Å². The Morgan fingerprint density at radius 2 is 1.76 bits per heavy atom. The van der Waals surface area contributed by atoms with Crippen LogP contribution in [0.4, 0.5) is 0 Å². The molecule has 2 aromatic rings. The van der Waals surface area contributed by atoms with Crippen LogP contribution in [0.25, 0.3) is 11.3 Å². The molecule has 0 radical (unpaired) electrons. The van der Waals surface area contributed by atoms with Crippen molar-refractivity contribution in [3.8, 4) is 11.3 Å². The Morgan fingerprint density at radius 3 is 2.29 bits per heavy atom. The molecule has 1 saturated heterocycles. The molecular formula is C15H15Cl2NO3. The first kappa shape index (κ1) is 14.9. The van der Waals surface area contributed by atoms with Crippen molar-refractivity contribution < 1.29 is 14.0 Å². The maximum Gasteiger partial charge on any atom is 0.195 e. The Balaban J connectivity index is 2.15. The average molecular weight is 328 g/mol. The van der Waals surface area contributed by atoms with Gasteiger partial charge in [0.2, 0.25) is 0 Å². The second-order valence-corrected chi connectivity index (χ2v) is 6.05. The van der Waals surface area contributed by atoms with Gasteiger partial charge in [-0.3, -0.25) is 0 Å². The monoisotopic (exact) mass is 327 g/mol. The standard InChI is InChI=1S/C15H15Cl2NO3/c1-7(2)14-12(15-19-8(3)20-15)13(18-21-14)11-9(16)5-4-6-10(11)17/h4-8,15H,1-3H3. The van der Waals surface area contributed by atoms with Crippen LogP contribution in [-0.4, -0.2) is 11.4 Å². The van der Waals surface area contributed by atoms with Crippen LogP contribution in [0.15, 0.2) is 22.7 Å². The second kappa shape index (κ2) is 5.61. The van der Waals surface area contributed by atoms with E-state index in [9.17, 15) is 0 Å². The van der Waals surface area contributed by atoms with Crippen molar-refractivity contribution in [3.05, 3.63) is 39.6 Å². The molecule has 0 unspecified atom stereocenters. The number of rotatable bonds is 3. The summed E-state index contributed by atoms with van der Waals surface area (Å²) in [6, 6.07) is 5.32. The molecule has 1 aromatic carbocycles. The second-order valence-electron chi connectivity index (χ2n) is 5.23. The van der Waals surface area contributed by atoms with Gasteiger partial charge in [0, 0.05) is 11.5 Å². The van der Waals surface area contributed by atoms with Crippen LogP contribution in [0, 0.1) is 0 Å². The first-order chi connectivity index (χ1) is 9.99. The normalized spacial score (nSPS) is 21.6. The minimum atomic E-state index is -0.494. The predicted molar refractivity (Wildman–Crippen MR) is 80.4 cm³/mol. The van der Waals surface area contributed by atoms with Crippen LogP contribution in [0.1, 0.15) is 44.3 Å². The van der Waals surface area contributed by atoms with Crippen molar-refractivity contribution in [3.63, 3.8) is 0 Å². The van der Waals surface area contributed by atoms with Crippen LogP contribution >= 0.6 is 23.2 Å². The summed E-state index contributed by atoms with van der Waals surface area (Å²) in [5.41, 5.74) is 1.97. The minimum absolute atomic E-state index is 0.144. The Labute approximate surface area is 132 Å². The third-order valence-electron chi connectivity index (χ3n) is 3.35. The van der Waals surface area contributed by atoms with Gasteiger partial charge in [-0.2, -0.15) is 0 Å². The maximum absolute atomic E-state index is 6.27.